The van der Waals surface area contributed by atoms with E-state index < -0.39 is 0 Å². The van der Waals surface area contributed by atoms with Crippen LogP contribution in [0.25, 0.3) is 52.7 Å². The summed E-state index contributed by atoms with van der Waals surface area (Å²) in [6.45, 7) is 2.12. The molecule has 6 rings (SSSR count). The van der Waals surface area contributed by atoms with Gasteiger partial charge in [0.15, 0.2) is 0 Å². The predicted octanol–water partition coefficient (Wildman–Crippen LogP) is 8.22. The monoisotopic (exact) mass is 434 g/mol. The molecule has 4 aromatic carbocycles. The Morgan fingerprint density at radius 2 is 1.00 bits per heavy atom. The number of hydrogen-bond acceptors (Lipinski definition) is 4. The standard InChI is InChI=1S/C27H18N2S2/c1-17-10-12-18(13-11-17)19-14-20(26-28-22-6-2-4-8-24(22)30-26)16-21(15-19)27-29-23-7-3-5-9-25(23)31-27/h2-16H,1H3. The molecule has 2 heterocycles. The molecule has 0 aliphatic carbocycles. The van der Waals surface area contributed by atoms with Crippen molar-refractivity contribution in [1.82, 2.24) is 9.97 Å². The van der Waals surface area contributed by atoms with Crippen LogP contribution in [-0.2, 0) is 0 Å². The van der Waals surface area contributed by atoms with Crippen LogP contribution in [0, 0.1) is 6.92 Å². The molecule has 4 heteroatoms. The third-order valence-electron chi connectivity index (χ3n) is 5.40. The second-order valence-electron chi connectivity index (χ2n) is 7.64. The highest BCUT2D eigenvalue weighted by molar-refractivity contribution is 7.22. The van der Waals surface area contributed by atoms with Gasteiger partial charge >= 0.3 is 0 Å². The molecule has 2 aromatic heterocycles. The van der Waals surface area contributed by atoms with Gasteiger partial charge in [-0.05, 0) is 60.5 Å². The van der Waals surface area contributed by atoms with Crippen molar-refractivity contribution in [2.24, 2.45) is 0 Å². The number of fused-ring (bicyclic) bond motifs is 2. The number of para-hydroxylation sites is 2. The van der Waals surface area contributed by atoms with Crippen molar-refractivity contribution >= 4 is 43.1 Å². The van der Waals surface area contributed by atoms with Crippen LogP contribution >= 0.6 is 22.7 Å². The van der Waals surface area contributed by atoms with E-state index in [0.29, 0.717) is 0 Å². The average Bonchev–Trinajstić information content (AvgIpc) is 3.44. The minimum Gasteiger partial charge on any atom is -0.236 e. The minimum atomic E-state index is 1.04. The fraction of sp³-hybridized carbons (Fsp3) is 0.0370. The molecule has 0 unspecified atom stereocenters. The Labute approximate surface area is 188 Å². The molecule has 0 aliphatic rings. The van der Waals surface area contributed by atoms with Crippen LogP contribution in [0.2, 0.25) is 0 Å². The zero-order valence-electron chi connectivity index (χ0n) is 16.9. The first kappa shape index (κ1) is 18.4. The van der Waals surface area contributed by atoms with Crippen molar-refractivity contribution in [2.45, 2.75) is 6.92 Å². The van der Waals surface area contributed by atoms with Crippen molar-refractivity contribution in [3.63, 3.8) is 0 Å². The van der Waals surface area contributed by atoms with Gasteiger partial charge in [0.25, 0.3) is 0 Å². The van der Waals surface area contributed by atoms with Crippen LogP contribution in [0.4, 0.5) is 0 Å². The van der Waals surface area contributed by atoms with Crippen molar-refractivity contribution < 1.29 is 0 Å². The van der Waals surface area contributed by atoms with Crippen LogP contribution in [0.15, 0.2) is 91.0 Å². The number of rotatable bonds is 3. The first-order chi connectivity index (χ1) is 15.2. The SMILES string of the molecule is Cc1ccc(-c2cc(-c3nc4ccccc4s3)cc(-c3nc4ccccc4s3)c2)cc1. The van der Waals surface area contributed by atoms with Gasteiger partial charge in [0, 0.05) is 11.1 Å². The second kappa shape index (κ2) is 7.41. The summed E-state index contributed by atoms with van der Waals surface area (Å²) in [5, 5.41) is 2.08. The van der Waals surface area contributed by atoms with Gasteiger partial charge in [0.05, 0.1) is 20.4 Å². The fourth-order valence-corrected chi connectivity index (χ4v) is 5.68. The Hall–Kier alpha value is -3.34. The van der Waals surface area contributed by atoms with Crippen LogP contribution in [0.5, 0.6) is 0 Å². The van der Waals surface area contributed by atoms with Gasteiger partial charge in [-0.15, -0.1) is 22.7 Å². The summed E-state index contributed by atoms with van der Waals surface area (Å²) in [4.78, 5) is 9.82. The molecule has 31 heavy (non-hydrogen) atoms. The van der Waals surface area contributed by atoms with E-state index in [2.05, 4.69) is 85.8 Å². The molecule has 0 aliphatic heterocycles. The maximum atomic E-state index is 4.91. The van der Waals surface area contributed by atoms with E-state index in [0.717, 1.165) is 32.2 Å². The summed E-state index contributed by atoms with van der Waals surface area (Å²) in [5.41, 5.74) is 8.01. The topological polar surface area (TPSA) is 25.8 Å². The fourth-order valence-electron chi connectivity index (χ4n) is 3.78. The van der Waals surface area contributed by atoms with Crippen LogP contribution in [-0.4, -0.2) is 9.97 Å². The Kier molecular flexibility index (Phi) is 4.41. The van der Waals surface area contributed by atoms with Gasteiger partial charge in [0.1, 0.15) is 10.0 Å². The Balaban J connectivity index is 1.57. The second-order valence-corrected chi connectivity index (χ2v) is 9.70. The smallest absolute Gasteiger partial charge is 0.124 e. The minimum absolute atomic E-state index is 1.04. The Morgan fingerprint density at radius 1 is 0.516 bits per heavy atom. The molecule has 6 aromatic rings. The lowest BCUT2D eigenvalue weighted by molar-refractivity contribution is 1.44. The van der Waals surface area contributed by atoms with E-state index in [1.54, 1.807) is 22.7 Å². The van der Waals surface area contributed by atoms with Crippen molar-refractivity contribution in [2.75, 3.05) is 0 Å². The van der Waals surface area contributed by atoms with Gasteiger partial charge in [-0.1, -0.05) is 54.1 Å². The molecule has 0 N–H and O–H groups in total. The lowest BCUT2D eigenvalue weighted by Gasteiger charge is -2.08. The highest BCUT2D eigenvalue weighted by atomic mass is 32.1. The van der Waals surface area contributed by atoms with E-state index >= 15 is 0 Å². The summed E-state index contributed by atoms with van der Waals surface area (Å²) in [6, 6.07) is 32.1. The number of thiazole rings is 2. The first-order valence-corrected chi connectivity index (χ1v) is 11.8. The molecule has 0 amide bonds. The van der Waals surface area contributed by atoms with E-state index in [1.165, 1.54) is 26.1 Å². The number of nitrogens with zero attached hydrogens (tertiary/aromatic N) is 2. The van der Waals surface area contributed by atoms with Gasteiger partial charge < -0.3 is 0 Å². The highest BCUT2D eigenvalue weighted by Crippen LogP contribution is 2.38. The molecule has 0 saturated carbocycles. The molecule has 0 bridgehead atoms. The van der Waals surface area contributed by atoms with Gasteiger partial charge in [0.2, 0.25) is 0 Å². The number of benzene rings is 4. The molecule has 0 atom stereocenters. The van der Waals surface area contributed by atoms with Crippen LogP contribution in [0.1, 0.15) is 5.56 Å². The zero-order chi connectivity index (χ0) is 20.8. The molecular weight excluding hydrogens is 416 g/mol. The summed E-state index contributed by atoms with van der Waals surface area (Å²) in [7, 11) is 0. The van der Waals surface area contributed by atoms with Gasteiger partial charge in [-0.2, -0.15) is 0 Å². The van der Waals surface area contributed by atoms with Gasteiger partial charge in [-0.25, -0.2) is 9.97 Å². The largest absolute Gasteiger partial charge is 0.236 e. The normalized spacial score (nSPS) is 11.4. The third-order valence-corrected chi connectivity index (χ3v) is 7.57. The molecule has 148 valence electrons. The summed E-state index contributed by atoms with van der Waals surface area (Å²) in [6.07, 6.45) is 0. The molecule has 0 fully saturated rings. The van der Waals surface area contributed by atoms with Crippen LogP contribution < -0.4 is 0 Å². The van der Waals surface area contributed by atoms with Crippen molar-refractivity contribution in [3.05, 3.63) is 96.6 Å². The lowest BCUT2D eigenvalue weighted by Crippen LogP contribution is -1.85. The molecular formula is C27H18N2S2. The molecule has 2 nitrogen and oxygen atoms in total. The first-order valence-electron chi connectivity index (χ1n) is 10.2. The average molecular weight is 435 g/mol. The maximum Gasteiger partial charge on any atom is 0.124 e. The van der Waals surface area contributed by atoms with Crippen molar-refractivity contribution in [3.8, 4) is 32.3 Å². The summed E-state index contributed by atoms with van der Waals surface area (Å²) >= 11 is 3.48. The van der Waals surface area contributed by atoms with Crippen molar-refractivity contribution in [1.29, 1.82) is 0 Å². The number of aromatic nitrogens is 2. The molecule has 0 spiro atoms. The van der Waals surface area contributed by atoms with E-state index in [1.807, 2.05) is 12.1 Å². The molecule has 0 radical (unpaired) electrons. The van der Waals surface area contributed by atoms with E-state index in [4.69, 9.17) is 9.97 Å². The summed E-state index contributed by atoms with van der Waals surface area (Å²) in [5.74, 6) is 0. The third kappa shape index (κ3) is 3.44. The van der Waals surface area contributed by atoms with E-state index in [-0.39, 0.29) is 0 Å². The Bertz CT molecular complexity index is 1380. The van der Waals surface area contributed by atoms with Crippen LogP contribution in [0.3, 0.4) is 0 Å². The maximum absolute atomic E-state index is 4.91. The Morgan fingerprint density at radius 3 is 1.52 bits per heavy atom. The lowest BCUT2D eigenvalue weighted by atomic mass is 9.99. The molecule has 0 saturated heterocycles. The summed E-state index contributed by atoms with van der Waals surface area (Å²) < 4.78 is 2.42. The zero-order valence-corrected chi connectivity index (χ0v) is 18.5. The van der Waals surface area contributed by atoms with Gasteiger partial charge in [-0.3, -0.25) is 0 Å². The number of hydrogen-bond donors (Lipinski definition) is 0. The number of aryl methyl sites for hydroxylation is 1. The quantitative estimate of drug-likeness (QED) is 0.280. The predicted molar refractivity (Wildman–Crippen MR) is 134 cm³/mol. The van der Waals surface area contributed by atoms with E-state index in [9.17, 15) is 0 Å². The highest BCUT2D eigenvalue weighted by Gasteiger charge is 2.13.